The lowest BCUT2D eigenvalue weighted by Gasteiger charge is -2.27. The predicted octanol–water partition coefficient (Wildman–Crippen LogP) is 4.30. The molecule has 0 amide bonds. The van der Waals surface area contributed by atoms with Gasteiger partial charge in [0, 0.05) is 29.7 Å². The van der Waals surface area contributed by atoms with Crippen LogP contribution in [0.4, 0.5) is 0 Å². The average Bonchev–Trinajstić information content (AvgIpc) is 2.69. The van der Waals surface area contributed by atoms with E-state index in [1.165, 1.54) is 11.1 Å². The summed E-state index contributed by atoms with van der Waals surface area (Å²) in [5.74, 6) is 1.01. The van der Waals surface area contributed by atoms with E-state index in [4.69, 9.17) is 16.3 Å². The third-order valence-electron chi connectivity index (χ3n) is 3.88. The summed E-state index contributed by atoms with van der Waals surface area (Å²) in [5.41, 5.74) is 2.54. The summed E-state index contributed by atoms with van der Waals surface area (Å²) >= 11 is 5.96. The van der Waals surface area contributed by atoms with Gasteiger partial charge in [-0.25, -0.2) is 0 Å². The van der Waals surface area contributed by atoms with Crippen LogP contribution in [0.3, 0.4) is 0 Å². The zero-order valence-electron chi connectivity index (χ0n) is 11.6. The first-order chi connectivity index (χ1) is 9.74. The van der Waals surface area contributed by atoms with Gasteiger partial charge in [0.1, 0.15) is 12.4 Å². The van der Waals surface area contributed by atoms with E-state index in [9.17, 15) is 0 Å². The zero-order valence-corrected chi connectivity index (χ0v) is 12.3. The minimum Gasteiger partial charge on any atom is -0.492 e. The molecule has 20 heavy (non-hydrogen) atoms. The second kappa shape index (κ2) is 5.86. The maximum atomic E-state index is 5.96. The third kappa shape index (κ3) is 2.82. The second-order valence-corrected chi connectivity index (χ2v) is 5.59. The van der Waals surface area contributed by atoms with Crippen molar-refractivity contribution in [2.45, 2.75) is 19.5 Å². The Kier molecular flexibility index (Phi) is 3.95. The first kappa shape index (κ1) is 13.5. The average molecular weight is 288 g/mol. The van der Waals surface area contributed by atoms with E-state index in [2.05, 4.69) is 36.1 Å². The Labute approximate surface area is 124 Å². The molecule has 0 N–H and O–H groups in total. The molecule has 0 fully saturated rings. The Morgan fingerprint density at radius 1 is 1.10 bits per heavy atom. The summed E-state index contributed by atoms with van der Waals surface area (Å²) in [6.07, 6.45) is 0. The van der Waals surface area contributed by atoms with Crippen molar-refractivity contribution < 1.29 is 4.74 Å². The molecule has 0 aliphatic carbocycles. The number of rotatable bonds is 2. The minimum absolute atomic E-state index is 0.349. The van der Waals surface area contributed by atoms with Crippen LogP contribution in [0.25, 0.3) is 0 Å². The normalized spacial score (nSPS) is 16.9. The van der Waals surface area contributed by atoms with Crippen LogP contribution in [-0.4, -0.2) is 18.1 Å². The van der Waals surface area contributed by atoms with Crippen molar-refractivity contribution in [2.24, 2.45) is 0 Å². The maximum Gasteiger partial charge on any atom is 0.123 e. The molecule has 0 aromatic heterocycles. The smallest absolute Gasteiger partial charge is 0.123 e. The van der Waals surface area contributed by atoms with Crippen LogP contribution >= 0.6 is 11.6 Å². The van der Waals surface area contributed by atoms with Gasteiger partial charge in [-0.15, -0.1) is 0 Å². The molecule has 1 aliphatic rings. The molecule has 3 rings (SSSR count). The van der Waals surface area contributed by atoms with Crippen molar-refractivity contribution in [3.63, 3.8) is 0 Å². The number of nitrogens with zero attached hydrogens (tertiary/aromatic N) is 1. The molecular weight excluding hydrogens is 270 g/mol. The molecule has 3 heteroatoms. The van der Waals surface area contributed by atoms with E-state index in [-0.39, 0.29) is 0 Å². The molecule has 104 valence electrons. The Balaban J connectivity index is 1.82. The first-order valence-electron chi connectivity index (χ1n) is 6.94. The number of fused-ring (bicyclic) bond motifs is 1. The number of halogens is 1. The van der Waals surface area contributed by atoms with Gasteiger partial charge in [-0.3, -0.25) is 4.90 Å². The largest absolute Gasteiger partial charge is 0.492 e. The van der Waals surface area contributed by atoms with Gasteiger partial charge in [-0.2, -0.15) is 0 Å². The van der Waals surface area contributed by atoms with E-state index < -0.39 is 0 Å². The molecule has 0 saturated heterocycles. The van der Waals surface area contributed by atoms with E-state index in [1.54, 1.807) is 0 Å². The summed E-state index contributed by atoms with van der Waals surface area (Å²) in [7, 11) is 0. The van der Waals surface area contributed by atoms with Crippen LogP contribution in [0.15, 0.2) is 48.5 Å². The summed E-state index contributed by atoms with van der Waals surface area (Å²) in [6.45, 7) is 4.81. The molecule has 0 bridgehead atoms. The number of benzene rings is 2. The fourth-order valence-corrected chi connectivity index (χ4v) is 2.75. The van der Waals surface area contributed by atoms with Gasteiger partial charge in [-0.05, 0) is 30.7 Å². The van der Waals surface area contributed by atoms with E-state index in [0.717, 1.165) is 30.5 Å². The first-order valence-corrected chi connectivity index (χ1v) is 7.32. The van der Waals surface area contributed by atoms with Gasteiger partial charge in [0.2, 0.25) is 0 Å². The van der Waals surface area contributed by atoms with E-state index in [0.29, 0.717) is 6.04 Å². The second-order valence-electron chi connectivity index (χ2n) is 5.15. The van der Waals surface area contributed by atoms with Crippen molar-refractivity contribution in [3.8, 4) is 5.75 Å². The highest BCUT2D eigenvalue weighted by Crippen LogP contribution is 2.28. The lowest BCUT2D eigenvalue weighted by molar-refractivity contribution is 0.179. The van der Waals surface area contributed by atoms with Gasteiger partial charge in [-0.1, -0.05) is 41.9 Å². The van der Waals surface area contributed by atoms with Crippen molar-refractivity contribution in [2.75, 3.05) is 13.2 Å². The lowest BCUT2D eigenvalue weighted by atomic mass is 10.1. The van der Waals surface area contributed by atoms with Crippen molar-refractivity contribution in [1.82, 2.24) is 4.90 Å². The molecule has 2 nitrogen and oxygen atoms in total. The zero-order chi connectivity index (χ0) is 13.9. The maximum absolute atomic E-state index is 5.96. The van der Waals surface area contributed by atoms with Crippen LogP contribution in [0, 0.1) is 0 Å². The number of ether oxygens (including phenoxy) is 1. The molecule has 2 aromatic rings. The van der Waals surface area contributed by atoms with Crippen molar-refractivity contribution in [3.05, 3.63) is 64.7 Å². The number of hydrogen-bond acceptors (Lipinski definition) is 2. The van der Waals surface area contributed by atoms with Crippen LogP contribution in [0.2, 0.25) is 5.02 Å². The minimum atomic E-state index is 0.349. The van der Waals surface area contributed by atoms with Crippen molar-refractivity contribution >= 4 is 11.6 Å². The van der Waals surface area contributed by atoms with E-state index in [1.807, 2.05) is 24.3 Å². The summed E-state index contributed by atoms with van der Waals surface area (Å²) in [4.78, 5) is 2.44. The lowest BCUT2D eigenvalue weighted by Crippen LogP contribution is -2.28. The number of hydrogen-bond donors (Lipinski definition) is 0. The predicted molar refractivity (Wildman–Crippen MR) is 82.2 cm³/mol. The fourth-order valence-electron chi connectivity index (χ4n) is 2.63. The fraction of sp³-hybridized carbons (Fsp3) is 0.294. The summed E-state index contributed by atoms with van der Waals surface area (Å²) < 4.78 is 5.82. The Hall–Kier alpha value is -1.51. The Morgan fingerprint density at radius 3 is 2.65 bits per heavy atom. The van der Waals surface area contributed by atoms with Crippen molar-refractivity contribution in [1.29, 1.82) is 0 Å². The van der Waals surface area contributed by atoms with Crippen LogP contribution in [0.1, 0.15) is 24.1 Å². The molecular formula is C17H18ClNO. The van der Waals surface area contributed by atoms with Gasteiger partial charge >= 0.3 is 0 Å². The summed E-state index contributed by atoms with van der Waals surface area (Å²) in [6, 6.07) is 16.7. The quantitative estimate of drug-likeness (QED) is 0.817. The molecule has 2 aromatic carbocycles. The van der Waals surface area contributed by atoms with Gasteiger partial charge in [0.05, 0.1) is 0 Å². The van der Waals surface area contributed by atoms with Crippen LogP contribution in [0.5, 0.6) is 5.75 Å². The highest BCUT2D eigenvalue weighted by atomic mass is 35.5. The molecule has 1 heterocycles. The molecule has 1 aliphatic heterocycles. The topological polar surface area (TPSA) is 12.5 Å². The van der Waals surface area contributed by atoms with Crippen LogP contribution < -0.4 is 4.74 Å². The number of para-hydroxylation sites is 1. The third-order valence-corrected chi connectivity index (χ3v) is 4.13. The molecule has 0 saturated carbocycles. The molecule has 1 unspecified atom stereocenters. The Morgan fingerprint density at radius 2 is 1.85 bits per heavy atom. The molecule has 0 spiro atoms. The van der Waals surface area contributed by atoms with E-state index >= 15 is 0 Å². The highest BCUT2D eigenvalue weighted by Gasteiger charge is 2.20. The molecule has 0 radical (unpaired) electrons. The van der Waals surface area contributed by atoms with Crippen LogP contribution in [-0.2, 0) is 6.54 Å². The highest BCUT2D eigenvalue weighted by molar-refractivity contribution is 6.30. The SMILES string of the molecule is CC(c1ccc(Cl)cc1)N1CCOc2ccccc2C1. The monoisotopic (exact) mass is 287 g/mol. The standard InChI is InChI=1S/C17H18ClNO/c1-13(14-6-8-16(18)9-7-14)19-10-11-20-17-5-3-2-4-15(17)12-19/h2-9,13H,10-12H2,1H3. The van der Waals surface area contributed by atoms with Gasteiger partial charge < -0.3 is 4.74 Å². The molecule has 1 atom stereocenters. The van der Waals surface area contributed by atoms with Gasteiger partial charge in [0.25, 0.3) is 0 Å². The van der Waals surface area contributed by atoms with Gasteiger partial charge in [0.15, 0.2) is 0 Å². The Bertz CT molecular complexity index is 582. The summed E-state index contributed by atoms with van der Waals surface area (Å²) in [5, 5.41) is 0.783.